The average molecular weight is 327 g/mol. The first-order chi connectivity index (χ1) is 10.5. The summed E-state index contributed by atoms with van der Waals surface area (Å²) in [6.45, 7) is 12.0. The fourth-order valence-electron chi connectivity index (χ4n) is 2.63. The van der Waals surface area contributed by atoms with Crippen LogP contribution in [0.4, 0.5) is 0 Å². The number of aryl methyl sites for hydroxylation is 1. The van der Waals surface area contributed by atoms with Gasteiger partial charge in [0.2, 0.25) is 0 Å². The van der Waals surface area contributed by atoms with Crippen molar-refractivity contribution in [3.63, 3.8) is 0 Å². The Labute approximate surface area is 136 Å². The summed E-state index contributed by atoms with van der Waals surface area (Å²) in [6, 6.07) is 4.89. The molecule has 0 unspecified atom stereocenters. The highest BCUT2D eigenvalue weighted by Crippen LogP contribution is 2.29. The van der Waals surface area contributed by atoms with Crippen LogP contribution < -0.4 is 4.74 Å². The van der Waals surface area contributed by atoms with Crippen LogP contribution in [0, 0.1) is 13.8 Å². The van der Waals surface area contributed by atoms with Crippen molar-refractivity contribution >= 4 is 8.80 Å². The lowest BCUT2D eigenvalue weighted by atomic mass is 10.0. The fraction of sp³-hybridized carbons (Fsp3) is 0.647. The molecule has 5 heteroatoms. The first-order valence-electron chi connectivity index (χ1n) is 8.08. The van der Waals surface area contributed by atoms with Gasteiger partial charge in [-0.1, -0.05) is 6.07 Å². The number of hydrogen-bond donors (Lipinski definition) is 0. The minimum absolute atomic E-state index is 0.607. The summed E-state index contributed by atoms with van der Waals surface area (Å²) < 4.78 is 23.3. The number of benzene rings is 1. The molecule has 4 nitrogen and oxygen atoms in total. The fourth-order valence-corrected chi connectivity index (χ4v) is 5.19. The van der Waals surface area contributed by atoms with E-state index < -0.39 is 8.80 Å². The third kappa shape index (κ3) is 4.81. The van der Waals surface area contributed by atoms with Crippen LogP contribution in [-0.4, -0.2) is 35.7 Å². The predicted molar refractivity (Wildman–Crippen MR) is 91.6 cm³/mol. The minimum Gasteiger partial charge on any atom is -0.496 e. The van der Waals surface area contributed by atoms with Crippen molar-refractivity contribution in [2.75, 3.05) is 26.9 Å². The third-order valence-corrected chi connectivity index (χ3v) is 6.87. The van der Waals surface area contributed by atoms with Crippen molar-refractivity contribution in [3.05, 3.63) is 28.8 Å². The Hall–Kier alpha value is -0.883. The summed E-state index contributed by atoms with van der Waals surface area (Å²) >= 11 is 0. The summed E-state index contributed by atoms with van der Waals surface area (Å²) in [6.07, 6.45) is 0.836. The lowest BCUT2D eigenvalue weighted by Crippen LogP contribution is -2.46. The summed E-state index contributed by atoms with van der Waals surface area (Å²) in [4.78, 5) is 0. The Morgan fingerprint density at radius 3 is 1.91 bits per heavy atom. The molecule has 0 saturated carbocycles. The maximum absolute atomic E-state index is 5.93. The first kappa shape index (κ1) is 19.2. The van der Waals surface area contributed by atoms with Crippen molar-refractivity contribution < 1.29 is 18.0 Å². The normalized spacial score (nSPS) is 11.7. The topological polar surface area (TPSA) is 36.9 Å². The van der Waals surface area contributed by atoms with Gasteiger partial charge in [-0.25, -0.2) is 0 Å². The zero-order valence-corrected chi connectivity index (χ0v) is 15.8. The van der Waals surface area contributed by atoms with Gasteiger partial charge in [0.25, 0.3) is 0 Å². The van der Waals surface area contributed by atoms with E-state index in [1.807, 2.05) is 26.8 Å². The van der Waals surface area contributed by atoms with E-state index in [0.29, 0.717) is 19.8 Å². The second-order valence-electron chi connectivity index (χ2n) is 5.17. The maximum Gasteiger partial charge on any atom is 0.501 e. The van der Waals surface area contributed by atoms with E-state index >= 15 is 0 Å². The molecule has 0 radical (unpaired) electrons. The van der Waals surface area contributed by atoms with Crippen molar-refractivity contribution in [1.29, 1.82) is 0 Å². The molecule has 126 valence electrons. The van der Waals surface area contributed by atoms with E-state index in [4.69, 9.17) is 18.0 Å². The van der Waals surface area contributed by atoms with Crippen molar-refractivity contribution in [2.45, 2.75) is 47.1 Å². The summed E-state index contributed by atoms with van der Waals surface area (Å²) in [5.41, 5.74) is 3.76. The van der Waals surface area contributed by atoms with E-state index in [0.717, 1.165) is 18.2 Å². The Balaban J connectivity index is 2.99. The molecule has 0 atom stereocenters. The van der Waals surface area contributed by atoms with Crippen LogP contribution in [0.3, 0.4) is 0 Å². The molecule has 0 saturated heterocycles. The van der Waals surface area contributed by atoms with Gasteiger partial charge in [-0.15, -0.1) is 0 Å². The van der Waals surface area contributed by atoms with Crippen molar-refractivity contribution in [2.24, 2.45) is 0 Å². The van der Waals surface area contributed by atoms with Gasteiger partial charge in [0.1, 0.15) is 5.75 Å². The molecule has 0 spiro atoms. The molecule has 0 N–H and O–H groups in total. The second kappa shape index (κ2) is 9.30. The zero-order chi connectivity index (χ0) is 16.6. The molecular formula is C17H30O4Si. The Morgan fingerprint density at radius 1 is 0.909 bits per heavy atom. The molecule has 0 aliphatic heterocycles. The van der Waals surface area contributed by atoms with Gasteiger partial charge in [0, 0.05) is 25.9 Å². The summed E-state index contributed by atoms with van der Waals surface area (Å²) in [5.74, 6) is 0.926. The highest BCUT2D eigenvalue weighted by molar-refractivity contribution is 6.60. The minimum atomic E-state index is -2.61. The van der Waals surface area contributed by atoms with Crippen molar-refractivity contribution in [1.82, 2.24) is 0 Å². The quantitative estimate of drug-likeness (QED) is 0.611. The molecule has 0 aliphatic carbocycles. The van der Waals surface area contributed by atoms with E-state index in [9.17, 15) is 0 Å². The Bertz CT molecular complexity index is 445. The molecule has 0 aliphatic rings. The van der Waals surface area contributed by atoms with Crippen molar-refractivity contribution in [3.8, 4) is 5.75 Å². The van der Waals surface area contributed by atoms with Crippen LogP contribution in [-0.2, 0) is 19.7 Å². The largest absolute Gasteiger partial charge is 0.501 e. The molecule has 1 aromatic carbocycles. The highest BCUT2D eigenvalue weighted by Gasteiger charge is 2.40. The molecule has 0 bridgehead atoms. The van der Waals surface area contributed by atoms with E-state index in [-0.39, 0.29) is 0 Å². The highest BCUT2D eigenvalue weighted by atomic mass is 28.4. The SMILES string of the molecule is CCO[Si](CCc1c(OC)ccc(C)c1C)(OCC)OCC. The smallest absolute Gasteiger partial charge is 0.496 e. The average Bonchev–Trinajstić information content (AvgIpc) is 2.49. The second-order valence-corrected chi connectivity index (χ2v) is 7.90. The molecule has 1 rings (SSSR count). The van der Waals surface area contributed by atoms with Gasteiger partial charge in [-0.3, -0.25) is 0 Å². The number of rotatable bonds is 10. The van der Waals surface area contributed by atoms with Crippen LogP contribution in [0.5, 0.6) is 5.75 Å². The number of hydrogen-bond acceptors (Lipinski definition) is 4. The molecule has 0 aromatic heterocycles. The lowest BCUT2D eigenvalue weighted by Gasteiger charge is -2.29. The van der Waals surface area contributed by atoms with Crippen LogP contribution in [0.2, 0.25) is 6.04 Å². The number of methoxy groups -OCH3 is 1. The standard InChI is InChI=1S/C17H30O4Si/c1-7-19-22(20-8-2,21-9-3)13-12-16-15(5)14(4)10-11-17(16)18-6/h10-11H,7-9,12-13H2,1-6H3. The van der Waals surface area contributed by atoms with E-state index in [2.05, 4.69) is 19.9 Å². The van der Waals surface area contributed by atoms with E-state index in [1.165, 1.54) is 16.7 Å². The lowest BCUT2D eigenvalue weighted by molar-refractivity contribution is 0.0714. The molecular weight excluding hydrogens is 296 g/mol. The summed E-state index contributed by atoms with van der Waals surface area (Å²) in [7, 11) is -0.896. The van der Waals surface area contributed by atoms with Crippen LogP contribution in [0.25, 0.3) is 0 Å². The van der Waals surface area contributed by atoms with E-state index in [1.54, 1.807) is 7.11 Å². The Kier molecular flexibility index (Phi) is 8.10. The van der Waals surface area contributed by atoms with Gasteiger partial charge < -0.3 is 18.0 Å². The molecule has 1 aromatic rings. The first-order valence-corrected chi connectivity index (χ1v) is 10.0. The van der Waals surface area contributed by atoms with Gasteiger partial charge in [0.15, 0.2) is 0 Å². The van der Waals surface area contributed by atoms with Crippen LogP contribution >= 0.6 is 0 Å². The zero-order valence-electron chi connectivity index (χ0n) is 14.8. The monoisotopic (exact) mass is 326 g/mol. The van der Waals surface area contributed by atoms with Gasteiger partial charge in [-0.05, 0) is 63.8 Å². The molecule has 0 amide bonds. The number of ether oxygens (including phenoxy) is 1. The predicted octanol–water partition coefficient (Wildman–Crippen LogP) is 3.90. The molecule has 0 fully saturated rings. The Morgan fingerprint density at radius 2 is 1.45 bits per heavy atom. The molecule has 22 heavy (non-hydrogen) atoms. The maximum atomic E-state index is 5.93. The van der Waals surface area contributed by atoms with Crippen LogP contribution in [0.1, 0.15) is 37.5 Å². The third-order valence-electron chi connectivity index (χ3n) is 3.82. The van der Waals surface area contributed by atoms with Crippen LogP contribution in [0.15, 0.2) is 12.1 Å². The summed E-state index contributed by atoms with van der Waals surface area (Å²) in [5, 5.41) is 0. The van der Waals surface area contributed by atoms with Gasteiger partial charge in [-0.2, -0.15) is 0 Å². The molecule has 0 heterocycles. The van der Waals surface area contributed by atoms with Gasteiger partial charge >= 0.3 is 8.80 Å². The van der Waals surface area contributed by atoms with Gasteiger partial charge in [0.05, 0.1) is 7.11 Å².